The molecule has 192 valence electrons. The summed E-state index contributed by atoms with van der Waals surface area (Å²) in [6, 6.07) is 22.2. The third-order valence-corrected chi connectivity index (χ3v) is 6.92. The first-order chi connectivity index (χ1) is 17.7. The number of ether oxygens (including phenoxy) is 2. The van der Waals surface area contributed by atoms with Crippen LogP contribution < -0.4 is 5.32 Å². The Bertz CT molecular complexity index is 1270. The van der Waals surface area contributed by atoms with Crippen LogP contribution in [0.5, 0.6) is 0 Å². The molecule has 1 fully saturated rings. The number of carbonyl (C=O) groups excluding carboxylic acids is 2. The number of hydrogen-bond acceptors (Lipinski definition) is 4. The average molecular weight is 503 g/mol. The van der Waals surface area contributed by atoms with E-state index in [9.17, 15) is 14.0 Å². The van der Waals surface area contributed by atoms with E-state index in [0.29, 0.717) is 5.56 Å². The summed E-state index contributed by atoms with van der Waals surface area (Å²) in [6.45, 7) is 5.97. The zero-order valence-corrected chi connectivity index (χ0v) is 21.2. The second-order valence-corrected chi connectivity index (χ2v) is 10.6. The molecule has 0 aromatic heterocycles. The summed E-state index contributed by atoms with van der Waals surface area (Å²) < 4.78 is 25.9. The Hall–Kier alpha value is -3.87. The molecule has 1 aliphatic heterocycles. The molecule has 0 bridgehead atoms. The fraction of sp³-hybridized carbons (Fsp3) is 0.333. The fourth-order valence-electron chi connectivity index (χ4n) is 5.31. The summed E-state index contributed by atoms with van der Waals surface area (Å²) in [6.07, 6.45) is -1.09. The van der Waals surface area contributed by atoms with Crippen molar-refractivity contribution >= 4 is 12.2 Å². The lowest BCUT2D eigenvalue weighted by molar-refractivity contribution is 0.0288. The highest BCUT2D eigenvalue weighted by atomic mass is 19.1. The van der Waals surface area contributed by atoms with Gasteiger partial charge in [-0.25, -0.2) is 14.0 Å². The third-order valence-electron chi connectivity index (χ3n) is 6.92. The first-order valence-corrected chi connectivity index (χ1v) is 12.5. The number of hydrogen-bond donors (Lipinski definition) is 1. The molecule has 2 aliphatic rings. The molecule has 2 amide bonds. The first kappa shape index (κ1) is 24.8. The molecule has 37 heavy (non-hydrogen) atoms. The minimum absolute atomic E-state index is 0.0673. The molecule has 1 heterocycles. The van der Waals surface area contributed by atoms with Gasteiger partial charge in [0.05, 0.1) is 6.04 Å². The van der Waals surface area contributed by atoms with Crippen molar-refractivity contribution in [2.75, 3.05) is 19.7 Å². The van der Waals surface area contributed by atoms with Crippen LogP contribution in [0.25, 0.3) is 11.1 Å². The quantitative estimate of drug-likeness (QED) is 0.470. The number of halogens is 1. The lowest BCUT2D eigenvalue weighted by atomic mass is 9.94. The van der Waals surface area contributed by atoms with Crippen molar-refractivity contribution in [3.05, 3.63) is 95.3 Å². The van der Waals surface area contributed by atoms with E-state index >= 15 is 0 Å². The number of amides is 2. The van der Waals surface area contributed by atoms with Gasteiger partial charge in [0.25, 0.3) is 0 Å². The van der Waals surface area contributed by atoms with Gasteiger partial charge in [0, 0.05) is 24.9 Å². The monoisotopic (exact) mass is 502 g/mol. The zero-order chi connectivity index (χ0) is 26.2. The van der Waals surface area contributed by atoms with Crippen molar-refractivity contribution in [3.8, 4) is 11.1 Å². The SMILES string of the molecule is CC(C)(C)OC(=O)N1C[C@@H](NC(=O)OCC2c3ccccc3-c3ccccc32)[C@H](c2ccccc2F)C1. The summed E-state index contributed by atoms with van der Waals surface area (Å²) in [5.74, 6) is -0.880. The minimum atomic E-state index is -0.664. The van der Waals surface area contributed by atoms with Crippen LogP contribution >= 0.6 is 0 Å². The van der Waals surface area contributed by atoms with Crippen molar-refractivity contribution in [1.82, 2.24) is 10.2 Å². The molecule has 1 saturated heterocycles. The van der Waals surface area contributed by atoms with Gasteiger partial charge in [-0.2, -0.15) is 0 Å². The van der Waals surface area contributed by atoms with Crippen LogP contribution in [-0.2, 0) is 9.47 Å². The van der Waals surface area contributed by atoms with Crippen molar-refractivity contribution in [2.24, 2.45) is 0 Å². The van der Waals surface area contributed by atoms with Gasteiger partial charge in [0.1, 0.15) is 18.0 Å². The van der Waals surface area contributed by atoms with E-state index in [1.54, 1.807) is 39.0 Å². The lowest BCUT2D eigenvalue weighted by Crippen LogP contribution is -2.42. The Morgan fingerprint density at radius 2 is 1.46 bits per heavy atom. The van der Waals surface area contributed by atoms with Gasteiger partial charge in [-0.1, -0.05) is 66.7 Å². The van der Waals surface area contributed by atoms with E-state index in [0.717, 1.165) is 22.3 Å². The summed E-state index contributed by atoms with van der Waals surface area (Å²) in [5, 5.41) is 2.90. The maximum absolute atomic E-state index is 14.7. The van der Waals surface area contributed by atoms with E-state index in [1.165, 1.54) is 11.0 Å². The number of likely N-dealkylation sites (tertiary alicyclic amines) is 1. The Labute approximate surface area is 216 Å². The summed E-state index contributed by atoms with van der Waals surface area (Å²) in [4.78, 5) is 27.2. The number of benzene rings is 3. The first-order valence-electron chi connectivity index (χ1n) is 12.5. The predicted octanol–water partition coefficient (Wildman–Crippen LogP) is 6.07. The Morgan fingerprint density at radius 1 is 0.892 bits per heavy atom. The molecular weight excluding hydrogens is 471 g/mol. The average Bonchev–Trinajstić information content (AvgIpc) is 3.41. The largest absolute Gasteiger partial charge is 0.449 e. The van der Waals surface area contributed by atoms with E-state index < -0.39 is 29.7 Å². The third kappa shape index (κ3) is 5.17. The minimum Gasteiger partial charge on any atom is -0.449 e. The topological polar surface area (TPSA) is 67.9 Å². The molecule has 0 spiro atoms. The van der Waals surface area contributed by atoms with Gasteiger partial charge in [0.15, 0.2) is 0 Å². The van der Waals surface area contributed by atoms with Crippen LogP contribution in [0.2, 0.25) is 0 Å². The second kappa shape index (κ2) is 9.88. The second-order valence-electron chi connectivity index (χ2n) is 10.6. The van der Waals surface area contributed by atoms with Crippen molar-refractivity contribution in [1.29, 1.82) is 0 Å². The highest BCUT2D eigenvalue weighted by Crippen LogP contribution is 2.44. The lowest BCUT2D eigenvalue weighted by Gasteiger charge is -2.24. The van der Waals surface area contributed by atoms with E-state index in [2.05, 4.69) is 29.6 Å². The molecule has 2 atom stereocenters. The zero-order valence-electron chi connectivity index (χ0n) is 21.2. The normalized spacial score (nSPS) is 18.8. The Morgan fingerprint density at radius 3 is 2.05 bits per heavy atom. The van der Waals surface area contributed by atoms with Gasteiger partial charge in [-0.15, -0.1) is 0 Å². The molecule has 7 heteroatoms. The van der Waals surface area contributed by atoms with Crippen molar-refractivity contribution in [3.63, 3.8) is 0 Å². The van der Waals surface area contributed by atoms with E-state index in [4.69, 9.17) is 9.47 Å². The molecule has 0 saturated carbocycles. The van der Waals surface area contributed by atoms with Gasteiger partial charge >= 0.3 is 12.2 Å². The van der Waals surface area contributed by atoms with E-state index in [-0.39, 0.29) is 31.4 Å². The highest BCUT2D eigenvalue weighted by molar-refractivity contribution is 5.79. The molecule has 3 aromatic carbocycles. The molecule has 3 aromatic rings. The number of carbonyl (C=O) groups is 2. The number of nitrogens with zero attached hydrogens (tertiary/aromatic N) is 1. The maximum Gasteiger partial charge on any atom is 0.410 e. The molecule has 6 nitrogen and oxygen atoms in total. The number of alkyl carbamates (subject to hydrolysis) is 1. The van der Waals surface area contributed by atoms with Gasteiger partial charge in [0.2, 0.25) is 0 Å². The smallest absolute Gasteiger partial charge is 0.410 e. The van der Waals surface area contributed by atoms with Crippen LogP contribution in [0, 0.1) is 5.82 Å². The van der Waals surface area contributed by atoms with Crippen LogP contribution in [0.4, 0.5) is 14.0 Å². The molecular formula is C30H31FN2O4. The van der Waals surface area contributed by atoms with Crippen LogP contribution in [-0.4, -0.2) is 48.4 Å². The van der Waals surface area contributed by atoms with Gasteiger partial charge in [-0.3, -0.25) is 0 Å². The highest BCUT2D eigenvalue weighted by Gasteiger charge is 2.40. The van der Waals surface area contributed by atoms with Crippen LogP contribution in [0.15, 0.2) is 72.8 Å². The summed E-state index contributed by atoms with van der Waals surface area (Å²) >= 11 is 0. The molecule has 1 N–H and O–H groups in total. The number of fused-ring (bicyclic) bond motifs is 3. The molecule has 5 rings (SSSR count). The molecule has 1 aliphatic carbocycles. The van der Waals surface area contributed by atoms with Gasteiger partial charge in [-0.05, 0) is 54.7 Å². The number of rotatable bonds is 4. The fourth-order valence-corrected chi connectivity index (χ4v) is 5.31. The van der Waals surface area contributed by atoms with Crippen LogP contribution in [0.1, 0.15) is 49.3 Å². The number of nitrogens with one attached hydrogen (secondary N) is 1. The molecule has 0 unspecified atom stereocenters. The maximum atomic E-state index is 14.7. The summed E-state index contributed by atoms with van der Waals surface area (Å²) in [7, 11) is 0. The predicted molar refractivity (Wildman–Crippen MR) is 139 cm³/mol. The Balaban J connectivity index is 1.30. The molecule has 0 radical (unpaired) electrons. The van der Waals surface area contributed by atoms with Gasteiger partial charge < -0.3 is 19.7 Å². The van der Waals surface area contributed by atoms with Crippen molar-refractivity contribution in [2.45, 2.75) is 44.2 Å². The standard InChI is InChI=1S/C30H31FN2O4/c1-30(2,3)37-29(35)33-16-24(23-14-8-9-15-26(23)31)27(17-33)32-28(34)36-18-25-21-12-6-4-10-19(21)20-11-5-7-13-22(20)25/h4-15,24-25,27H,16-18H2,1-3H3,(H,32,34)/t24-,27+/m0/s1. The van der Waals surface area contributed by atoms with Crippen molar-refractivity contribution < 1.29 is 23.5 Å². The van der Waals surface area contributed by atoms with Crippen LogP contribution in [0.3, 0.4) is 0 Å². The van der Waals surface area contributed by atoms with E-state index in [1.807, 2.05) is 24.3 Å². The Kier molecular flexibility index (Phi) is 6.63. The summed E-state index contributed by atoms with van der Waals surface area (Å²) in [5.41, 5.74) is 4.32.